The number of piperazine rings is 1. The Bertz CT molecular complexity index is 437. The van der Waals surface area contributed by atoms with E-state index in [0.29, 0.717) is 0 Å². The zero-order valence-corrected chi connectivity index (χ0v) is 12.6. The molecule has 0 saturated carbocycles. The van der Waals surface area contributed by atoms with Gasteiger partial charge in [-0.15, -0.1) is 0 Å². The van der Waals surface area contributed by atoms with E-state index in [-0.39, 0.29) is 18.0 Å². The Morgan fingerprint density at radius 2 is 1.89 bits per heavy atom. The van der Waals surface area contributed by atoms with Crippen molar-refractivity contribution < 1.29 is 4.79 Å². The third kappa shape index (κ3) is 2.69. The molecule has 0 aliphatic carbocycles. The molecule has 0 unspecified atom stereocenters. The minimum absolute atomic E-state index is 0.170. The van der Waals surface area contributed by atoms with Crippen LogP contribution in [-0.4, -0.2) is 36.0 Å². The van der Waals surface area contributed by atoms with Crippen LogP contribution in [0.2, 0.25) is 0 Å². The number of carbonyl (C=O) groups excluding carboxylic acids is 1. The molecule has 1 aliphatic heterocycles. The number of halogens is 1. The highest BCUT2D eigenvalue weighted by atomic mass is 79.9. The van der Waals surface area contributed by atoms with Gasteiger partial charge in [0.05, 0.1) is 0 Å². The fourth-order valence-corrected chi connectivity index (χ4v) is 3.21. The van der Waals surface area contributed by atoms with Crippen molar-refractivity contribution in [3.05, 3.63) is 28.7 Å². The quantitative estimate of drug-likeness (QED) is 0.796. The van der Waals surface area contributed by atoms with Crippen LogP contribution in [0.1, 0.15) is 20.8 Å². The maximum Gasteiger partial charge on any atom is 0.220 e. The molecule has 0 N–H and O–H groups in total. The minimum Gasteiger partial charge on any atom is -0.367 e. The number of amides is 1. The zero-order chi connectivity index (χ0) is 13.3. The largest absolute Gasteiger partial charge is 0.367 e. The van der Waals surface area contributed by atoms with Crippen molar-refractivity contribution >= 4 is 27.5 Å². The third-order valence-electron chi connectivity index (χ3n) is 3.46. The molecule has 18 heavy (non-hydrogen) atoms. The van der Waals surface area contributed by atoms with E-state index in [1.165, 1.54) is 5.69 Å². The number of nitrogens with zero attached hydrogens (tertiary/aromatic N) is 2. The molecule has 1 amide bonds. The van der Waals surface area contributed by atoms with Crippen LogP contribution in [0, 0.1) is 0 Å². The van der Waals surface area contributed by atoms with Crippen molar-refractivity contribution in [2.75, 3.05) is 18.0 Å². The van der Waals surface area contributed by atoms with E-state index in [2.05, 4.69) is 46.8 Å². The maximum atomic E-state index is 11.6. The summed E-state index contributed by atoms with van der Waals surface area (Å²) in [6.45, 7) is 7.66. The van der Waals surface area contributed by atoms with Gasteiger partial charge in [0.15, 0.2) is 0 Å². The van der Waals surface area contributed by atoms with Gasteiger partial charge >= 0.3 is 0 Å². The second kappa shape index (κ2) is 5.31. The summed E-state index contributed by atoms with van der Waals surface area (Å²) in [7, 11) is 0. The molecule has 1 aliphatic rings. The molecule has 2 rings (SSSR count). The molecule has 0 bridgehead atoms. The average molecular weight is 311 g/mol. The summed E-state index contributed by atoms with van der Waals surface area (Å²) in [6.07, 6.45) is 0. The number of hydrogen-bond acceptors (Lipinski definition) is 2. The fourth-order valence-electron chi connectivity index (χ4n) is 2.83. The van der Waals surface area contributed by atoms with Crippen molar-refractivity contribution in [2.24, 2.45) is 0 Å². The number of carbonyl (C=O) groups is 1. The Morgan fingerprint density at radius 1 is 1.28 bits per heavy atom. The van der Waals surface area contributed by atoms with E-state index in [0.717, 1.165) is 17.6 Å². The van der Waals surface area contributed by atoms with Crippen molar-refractivity contribution in [3.8, 4) is 0 Å². The van der Waals surface area contributed by atoms with Gasteiger partial charge in [-0.25, -0.2) is 0 Å². The van der Waals surface area contributed by atoms with Gasteiger partial charge in [0.25, 0.3) is 0 Å². The van der Waals surface area contributed by atoms with E-state index in [9.17, 15) is 4.79 Å². The zero-order valence-electron chi connectivity index (χ0n) is 11.1. The van der Waals surface area contributed by atoms with E-state index in [1.807, 2.05) is 17.0 Å². The summed E-state index contributed by atoms with van der Waals surface area (Å²) in [4.78, 5) is 15.9. The predicted molar refractivity (Wildman–Crippen MR) is 77.8 cm³/mol. The van der Waals surface area contributed by atoms with Crippen molar-refractivity contribution in [1.82, 2.24) is 4.90 Å². The van der Waals surface area contributed by atoms with E-state index in [4.69, 9.17) is 0 Å². The molecule has 1 aromatic carbocycles. The minimum atomic E-state index is 0.170. The molecule has 98 valence electrons. The standard InChI is InChI=1S/C14H19BrN2O/c1-10-8-16(9-11(2)17(10)12(3)18)14-6-4-5-13(15)7-14/h4-7,10-11H,8-9H2,1-3H3/t10-,11+. The van der Waals surface area contributed by atoms with Crippen LogP contribution in [0.3, 0.4) is 0 Å². The van der Waals surface area contributed by atoms with Crippen LogP contribution in [-0.2, 0) is 4.79 Å². The molecule has 1 heterocycles. The van der Waals surface area contributed by atoms with Crippen LogP contribution >= 0.6 is 15.9 Å². The SMILES string of the molecule is CC(=O)N1[C@H](C)CN(c2cccc(Br)c2)C[C@@H]1C. The summed E-state index contributed by atoms with van der Waals surface area (Å²) in [5.41, 5.74) is 1.21. The third-order valence-corrected chi connectivity index (χ3v) is 3.95. The van der Waals surface area contributed by atoms with Crippen molar-refractivity contribution in [2.45, 2.75) is 32.9 Å². The highest BCUT2D eigenvalue weighted by molar-refractivity contribution is 9.10. The lowest BCUT2D eigenvalue weighted by atomic mass is 10.1. The first-order chi connectivity index (χ1) is 8.49. The van der Waals surface area contributed by atoms with Gasteiger partial charge in [-0.2, -0.15) is 0 Å². The average Bonchev–Trinajstić information content (AvgIpc) is 2.27. The van der Waals surface area contributed by atoms with Crippen LogP contribution in [0.15, 0.2) is 28.7 Å². The molecular weight excluding hydrogens is 292 g/mol. The highest BCUT2D eigenvalue weighted by Gasteiger charge is 2.30. The van der Waals surface area contributed by atoms with Gasteiger partial charge in [0.2, 0.25) is 5.91 Å². The molecule has 1 aromatic rings. The summed E-state index contributed by atoms with van der Waals surface area (Å²) in [6, 6.07) is 8.83. The van der Waals surface area contributed by atoms with E-state index in [1.54, 1.807) is 6.92 Å². The first-order valence-corrected chi connectivity index (χ1v) is 7.07. The smallest absolute Gasteiger partial charge is 0.220 e. The monoisotopic (exact) mass is 310 g/mol. The molecule has 0 spiro atoms. The van der Waals surface area contributed by atoms with Gasteiger partial charge in [0, 0.05) is 42.3 Å². The van der Waals surface area contributed by atoms with Gasteiger partial charge in [-0.1, -0.05) is 22.0 Å². The molecule has 2 atom stereocenters. The van der Waals surface area contributed by atoms with Gasteiger partial charge in [-0.3, -0.25) is 4.79 Å². The Kier molecular flexibility index (Phi) is 3.95. The van der Waals surface area contributed by atoms with Crippen molar-refractivity contribution in [1.29, 1.82) is 0 Å². The Hall–Kier alpha value is -1.03. The molecule has 1 fully saturated rings. The number of anilines is 1. The number of rotatable bonds is 1. The Balaban J connectivity index is 2.17. The summed E-state index contributed by atoms with van der Waals surface area (Å²) >= 11 is 3.50. The van der Waals surface area contributed by atoms with Crippen LogP contribution in [0.5, 0.6) is 0 Å². The second-order valence-corrected chi connectivity index (χ2v) is 5.92. The number of hydrogen-bond donors (Lipinski definition) is 0. The maximum absolute atomic E-state index is 11.6. The number of benzene rings is 1. The lowest BCUT2D eigenvalue weighted by Gasteiger charge is -2.45. The lowest BCUT2D eigenvalue weighted by Crippen LogP contribution is -2.58. The first-order valence-electron chi connectivity index (χ1n) is 6.28. The fraction of sp³-hybridized carbons (Fsp3) is 0.500. The van der Waals surface area contributed by atoms with Gasteiger partial charge < -0.3 is 9.80 Å². The Labute approximate surface area is 117 Å². The predicted octanol–water partition coefficient (Wildman–Crippen LogP) is 2.89. The first kappa shape index (κ1) is 13.4. The topological polar surface area (TPSA) is 23.6 Å². The molecule has 4 heteroatoms. The molecule has 0 radical (unpaired) electrons. The summed E-state index contributed by atoms with van der Waals surface area (Å²) in [5, 5.41) is 0. The van der Waals surface area contributed by atoms with E-state index >= 15 is 0 Å². The van der Waals surface area contributed by atoms with Crippen LogP contribution < -0.4 is 4.90 Å². The lowest BCUT2D eigenvalue weighted by molar-refractivity contribution is -0.133. The molecule has 0 aromatic heterocycles. The second-order valence-electron chi connectivity index (χ2n) is 5.01. The molecular formula is C14H19BrN2O. The van der Waals surface area contributed by atoms with E-state index < -0.39 is 0 Å². The van der Waals surface area contributed by atoms with Gasteiger partial charge in [-0.05, 0) is 32.0 Å². The summed E-state index contributed by atoms with van der Waals surface area (Å²) < 4.78 is 1.09. The molecule has 1 saturated heterocycles. The Morgan fingerprint density at radius 3 is 2.39 bits per heavy atom. The van der Waals surface area contributed by atoms with Crippen LogP contribution in [0.4, 0.5) is 5.69 Å². The van der Waals surface area contributed by atoms with Crippen LogP contribution in [0.25, 0.3) is 0 Å². The summed E-state index contributed by atoms with van der Waals surface area (Å²) in [5.74, 6) is 0.170. The van der Waals surface area contributed by atoms with Gasteiger partial charge in [0.1, 0.15) is 0 Å². The van der Waals surface area contributed by atoms with Crippen molar-refractivity contribution in [3.63, 3.8) is 0 Å². The normalized spacial score (nSPS) is 24.2. The highest BCUT2D eigenvalue weighted by Crippen LogP contribution is 2.25. The molecule has 3 nitrogen and oxygen atoms in total.